The Labute approximate surface area is 204 Å². The summed E-state index contributed by atoms with van der Waals surface area (Å²) in [6, 6.07) is 10.1. The number of amides is 1. The van der Waals surface area contributed by atoms with Gasteiger partial charge in [-0.05, 0) is 97.1 Å². The van der Waals surface area contributed by atoms with Crippen LogP contribution in [-0.4, -0.2) is 46.8 Å². The number of rotatable bonds is 8. The number of aromatic carboxylic acids is 1. The number of hydrogen-bond donors (Lipinski definition) is 1. The zero-order chi connectivity index (χ0) is 23.3. The molecule has 0 unspecified atom stereocenters. The van der Waals surface area contributed by atoms with Gasteiger partial charge in [0, 0.05) is 6.54 Å². The topological polar surface area (TPSA) is 88.4 Å². The molecule has 1 saturated heterocycles. The first-order valence-electron chi connectivity index (χ1n) is 10.1. The Bertz CT molecular complexity index is 1100. The third kappa shape index (κ3) is 5.44. The largest absolute Gasteiger partial charge is 0.490 e. The van der Waals surface area contributed by atoms with Gasteiger partial charge in [0.2, 0.25) is 0 Å². The van der Waals surface area contributed by atoms with Crippen LogP contribution in [0, 0.1) is 3.57 Å². The van der Waals surface area contributed by atoms with Crippen molar-refractivity contribution in [2.24, 2.45) is 4.99 Å². The van der Waals surface area contributed by atoms with Gasteiger partial charge in [-0.3, -0.25) is 9.69 Å². The smallest absolute Gasteiger partial charge is 0.335 e. The molecule has 0 spiro atoms. The summed E-state index contributed by atoms with van der Waals surface area (Å²) in [6.07, 6.45) is 1.81. The zero-order valence-electron chi connectivity index (χ0n) is 17.9. The molecule has 2 aromatic carbocycles. The molecule has 1 aliphatic heterocycles. The number of likely N-dealkylation sites (N-methyl/N-ethyl adjacent to an activating group) is 1. The number of amidine groups is 1. The average Bonchev–Trinajstić information content (AvgIpc) is 3.04. The summed E-state index contributed by atoms with van der Waals surface area (Å²) in [5, 5.41) is 9.72. The lowest BCUT2D eigenvalue weighted by atomic mass is 10.2. The van der Waals surface area contributed by atoms with Gasteiger partial charge in [-0.2, -0.15) is 0 Å². The van der Waals surface area contributed by atoms with Crippen LogP contribution in [0.25, 0.3) is 6.08 Å². The highest BCUT2D eigenvalue weighted by molar-refractivity contribution is 14.1. The first-order valence-corrected chi connectivity index (χ1v) is 12.0. The first-order chi connectivity index (χ1) is 15.4. The Morgan fingerprint density at radius 2 is 1.94 bits per heavy atom. The molecular weight excluding hydrogens is 543 g/mol. The predicted octanol–water partition coefficient (Wildman–Crippen LogP) is 5.41. The highest BCUT2D eigenvalue weighted by Crippen LogP contribution is 2.38. The highest BCUT2D eigenvalue weighted by Gasteiger charge is 2.32. The molecule has 168 valence electrons. The van der Waals surface area contributed by atoms with E-state index in [1.165, 1.54) is 23.9 Å². The average molecular weight is 566 g/mol. The van der Waals surface area contributed by atoms with Crippen molar-refractivity contribution in [3.63, 3.8) is 0 Å². The van der Waals surface area contributed by atoms with Crippen molar-refractivity contribution >= 4 is 63.2 Å². The van der Waals surface area contributed by atoms with Gasteiger partial charge in [0.25, 0.3) is 5.91 Å². The molecule has 1 amide bonds. The summed E-state index contributed by atoms with van der Waals surface area (Å²) in [5.41, 5.74) is 1.45. The number of carbonyl (C=O) groups is 2. The fraction of sp³-hybridized carbons (Fsp3) is 0.261. The van der Waals surface area contributed by atoms with E-state index >= 15 is 0 Å². The second kappa shape index (κ2) is 10.9. The van der Waals surface area contributed by atoms with Crippen LogP contribution in [0.15, 0.2) is 46.3 Å². The maximum absolute atomic E-state index is 13.0. The fourth-order valence-electron chi connectivity index (χ4n) is 3.06. The molecule has 0 saturated carbocycles. The predicted molar refractivity (Wildman–Crippen MR) is 135 cm³/mol. The van der Waals surface area contributed by atoms with Gasteiger partial charge < -0.3 is 14.6 Å². The van der Waals surface area contributed by atoms with E-state index in [-0.39, 0.29) is 11.5 Å². The minimum absolute atomic E-state index is 0.146. The number of carbonyl (C=O) groups excluding carboxylic acids is 1. The maximum atomic E-state index is 13.0. The molecule has 7 nitrogen and oxygen atoms in total. The quantitative estimate of drug-likeness (QED) is 0.340. The number of ether oxygens (including phenoxy) is 2. The molecule has 2 aromatic rings. The number of nitrogens with zero attached hydrogens (tertiary/aromatic N) is 2. The van der Waals surface area contributed by atoms with Crippen molar-refractivity contribution in [3.8, 4) is 11.5 Å². The molecule has 0 radical (unpaired) electrons. The molecule has 9 heteroatoms. The molecule has 0 aliphatic carbocycles. The number of benzene rings is 2. The van der Waals surface area contributed by atoms with Crippen LogP contribution in [0.5, 0.6) is 11.5 Å². The molecule has 0 bridgehead atoms. The van der Waals surface area contributed by atoms with Crippen molar-refractivity contribution in [2.75, 3.05) is 19.8 Å². The lowest BCUT2D eigenvalue weighted by Crippen LogP contribution is -2.28. The molecule has 0 aromatic heterocycles. The van der Waals surface area contributed by atoms with Crippen LogP contribution >= 0.6 is 34.4 Å². The van der Waals surface area contributed by atoms with Crippen LogP contribution < -0.4 is 9.47 Å². The molecule has 1 heterocycles. The summed E-state index contributed by atoms with van der Waals surface area (Å²) < 4.78 is 12.4. The maximum Gasteiger partial charge on any atom is 0.335 e. The Hall–Kier alpha value is -2.53. The molecule has 0 atom stereocenters. The van der Waals surface area contributed by atoms with Crippen molar-refractivity contribution < 1.29 is 24.2 Å². The molecule has 1 N–H and O–H groups in total. The number of halogens is 1. The third-order valence-corrected chi connectivity index (χ3v) is 6.25. The van der Waals surface area contributed by atoms with Gasteiger partial charge in [0.1, 0.15) is 0 Å². The summed E-state index contributed by atoms with van der Waals surface area (Å²) in [5.74, 6) is 0.159. The summed E-state index contributed by atoms with van der Waals surface area (Å²) in [6.45, 7) is 7.18. The van der Waals surface area contributed by atoms with Crippen molar-refractivity contribution in [3.05, 3.63) is 56.0 Å². The Morgan fingerprint density at radius 1 is 1.19 bits per heavy atom. The van der Waals surface area contributed by atoms with Gasteiger partial charge >= 0.3 is 5.97 Å². The minimum Gasteiger partial charge on any atom is -0.490 e. The van der Waals surface area contributed by atoms with Crippen LogP contribution in [-0.2, 0) is 4.79 Å². The van der Waals surface area contributed by atoms with E-state index in [1.54, 1.807) is 17.0 Å². The number of carboxylic acids is 1. The highest BCUT2D eigenvalue weighted by atomic mass is 127. The number of aliphatic imine (C=N–C) groups is 1. The first kappa shape index (κ1) is 24.1. The Balaban J connectivity index is 1.97. The van der Waals surface area contributed by atoms with Crippen molar-refractivity contribution in [1.29, 1.82) is 0 Å². The second-order valence-corrected chi connectivity index (χ2v) is 8.78. The molecule has 1 fully saturated rings. The lowest BCUT2D eigenvalue weighted by molar-refractivity contribution is -0.122. The van der Waals surface area contributed by atoms with Crippen molar-refractivity contribution in [1.82, 2.24) is 4.90 Å². The van der Waals surface area contributed by atoms with E-state index in [9.17, 15) is 14.7 Å². The number of hydrogen-bond acceptors (Lipinski definition) is 6. The zero-order valence-corrected chi connectivity index (χ0v) is 20.9. The van der Waals surface area contributed by atoms with Crippen LogP contribution in [0.4, 0.5) is 5.69 Å². The van der Waals surface area contributed by atoms with Crippen LogP contribution in [0.1, 0.15) is 36.7 Å². The standard InChI is InChI=1S/C23H23IN2O5S/c1-4-26-21(27)19(32-23(26)25-16-9-7-8-15(13-16)22(28)29)12-14-10-17(24)20(31-6-3)18(11-14)30-5-2/h7-13H,4-6H2,1-3H3,(H,28,29)/b19-12-,25-23?. The summed E-state index contributed by atoms with van der Waals surface area (Å²) in [7, 11) is 0. The van der Waals surface area contributed by atoms with E-state index in [1.807, 2.05) is 39.0 Å². The fourth-order valence-corrected chi connectivity index (χ4v) is 4.90. The van der Waals surface area contributed by atoms with Gasteiger partial charge in [0.15, 0.2) is 16.7 Å². The summed E-state index contributed by atoms with van der Waals surface area (Å²) in [4.78, 5) is 30.9. The third-order valence-electron chi connectivity index (χ3n) is 4.44. The van der Waals surface area contributed by atoms with E-state index in [4.69, 9.17) is 9.47 Å². The van der Waals surface area contributed by atoms with Gasteiger partial charge in [0.05, 0.1) is 32.9 Å². The van der Waals surface area contributed by atoms with Crippen molar-refractivity contribution in [2.45, 2.75) is 20.8 Å². The van der Waals surface area contributed by atoms with E-state index in [2.05, 4.69) is 27.6 Å². The van der Waals surface area contributed by atoms with Gasteiger partial charge in [-0.15, -0.1) is 0 Å². The number of thioether (sulfide) groups is 1. The minimum atomic E-state index is -1.02. The summed E-state index contributed by atoms with van der Waals surface area (Å²) >= 11 is 3.46. The van der Waals surface area contributed by atoms with Crippen LogP contribution in [0.3, 0.4) is 0 Å². The Kier molecular flexibility index (Phi) is 8.19. The van der Waals surface area contributed by atoms with E-state index < -0.39 is 5.97 Å². The van der Waals surface area contributed by atoms with E-state index in [0.717, 1.165) is 9.13 Å². The lowest BCUT2D eigenvalue weighted by Gasteiger charge is -2.14. The molecule has 32 heavy (non-hydrogen) atoms. The van der Waals surface area contributed by atoms with Gasteiger partial charge in [-0.1, -0.05) is 6.07 Å². The normalized spacial score (nSPS) is 16.1. The van der Waals surface area contributed by atoms with E-state index in [0.29, 0.717) is 47.0 Å². The molecule has 3 rings (SSSR count). The monoisotopic (exact) mass is 566 g/mol. The van der Waals surface area contributed by atoms with Crippen LogP contribution in [0.2, 0.25) is 0 Å². The molecular formula is C23H23IN2O5S. The SMILES string of the molecule is CCOc1cc(/C=C2\SC(=Nc3cccc(C(=O)O)c3)N(CC)C2=O)cc(I)c1OCC. The van der Waals surface area contributed by atoms with Gasteiger partial charge in [-0.25, -0.2) is 9.79 Å². The molecule has 1 aliphatic rings. The Morgan fingerprint density at radius 3 is 2.59 bits per heavy atom. The second-order valence-electron chi connectivity index (χ2n) is 6.61. The number of carboxylic acid groups (broad SMARTS) is 1.